The number of unbranched alkanes of at least 4 members (excludes halogenated alkanes) is 1. The van der Waals surface area contributed by atoms with Crippen LogP contribution in [0.3, 0.4) is 0 Å². The van der Waals surface area contributed by atoms with Crippen LogP contribution < -0.4 is 4.74 Å². The molecule has 0 aliphatic heterocycles. The van der Waals surface area contributed by atoms with E-state index >= 15 is 4.39 Å². The van der Waals surface area contributed by atoms with E-state index in [0.717, 1.165) is 43.1 Å². The van der Waals surface area contributed by atoms with Crippen molar-refractivity contribution in [1.29, 1.82) is 0 Å². The first-order valence-electron chi connectivity index (χ1n) is 15.0. The van der Waals surface area contributed by atoms with Crippen molar-refractivity contribution in [1.82, 2.24) is 0 Å². The summed E-state index contributed by atoms with van der Waals surface area (Å²) in [5.41, 5.74) is 3.99. The van der Waals surface area contributed by atoms with Crippen molar-refractivity contribution in [3.63, 3.8) is 0 Å². The summed E-state index contributed by atoms with van der Waals surface area (Å²) in [5, 5.41) is 0. The highest BCUT2D eigenvalue weighted by Crippen LogP contribution is 2.42. The largest absolute Gasteiger partial charge is 0.462 e. The number of hydrogen-bond donors (Lipinski definition) is 0. The minimum Gasteiger partial charge on any atom is -0.462 e. The zero-order valence-electron chi connectivity index (χ0n) is 23.9. The number of ether oxygens (including phenoxy) is 1. The van der Waals surface area contributed by atoms with Crippen LogP contribution in [-0.2, 0) is 0 Å². The van der Waals surface area contributed by atoms with Gasteiger partial charge >= 0.3 is 0 Å². The Bertz CT molecular complexity index is 1410. The van der Waals surface area contributed by atoms with Crippen molar-refractivity contribution in [3.05, 3.63) is 109 Å². The Morgan fingerprint density at radius 2 is 1.49 bits per heavy atom. The number of halogens is 3. The Morgan fingerprint density at radius 3 is 2.12 bits per heavy atom. The van der Waals surface area contributed by atoms with E-state index in [2.05, 4.69) is 18.7 Å². The number of hydrogen-bond acceptors (Lipinski definition) is 1. The van der Waals surface area contributed by atoms with Crippen LogP contribution >= 0.6 is 0 Å². The van der Waals surface area contributed by atoms with E-state index in [9.17, 15) is 8.78 Å². The highest BCUT2D eigenvalue weighted by molar-refractivity contribution is 5.74. The molecule has 0 bridgehead atoms. The predicted octanol–water partition coefficient (Wildman–Crippen LogP) is 11.3. The fraction of sp³-hybridized carbons (Fsp3) is 0.351. The summed E-state index contributed by atoms with van der Waals surface area (Å²) < 4.78 is 50.0. The van der Waals surface area contributed by atoms with Crippen molar-refractivity contribution in [2.24, 2.45) is 17.8 Å². The molecule has 2 aliphatic carbocycles. The van der Waals surface area contributed by atoms with Gasteiger partial charge in [-0.05, 0) is 116 Å². The first kappa shape index (κ1) is 29.0. The maximum atomic E-state index is 15.3. The summed E-state index contributed by atoms with van der Waals surface area (Å²) in [6.45, 7) is 5.98. The average Bonchev–Trinajstić information content (AvgIpc) is 3.01. The molecule has 41 heavy (non-hydrogen) atoms. The molecule has 0 radical (unpaired) electrons. The van der Waals surface area contributed by atoms with Gasteiger partial charge in [-0.1, -0.05) is 61.9 Å². The SMILES string of the molecule is C=CC1CCC(C2CC=C(c3ccc(-c4ccc(-c5ccc(O/C=C\CCC)c(F)c5F)cc4)c(F)c3)CC2)CC1. The summed E-state index contributed by atoms with van der Waals surface area (Å²) in [4.78, 5) is 0. The quantitative estimate of drug-likeness (QED) is 0.188. The van der Waals surface area contributed by atoms with Crippen molar-refractivity contribution in [3.8, 4) is 28.0 Å². The lowest BCUT2D eigenvalue weighted by Gasteiger charge is -2.34. The normalized spacial score (nSPS) is 21.1. The molecule has 1 saturated carbocycles. The minimum absolute atomic E-state index is 0.131. The van der Waals surface area contributed by atoms with Gasteiger partial charge in [-0.15, -0.1) is 6.58 Å². The lowest BCUT2D eigenvalue weighted by molar-refractivity contribution is 0.212. The summed E-state index contributed by atoms with van der Waals surface area (Å²) in [6, 6.07) is 15.2. The molecule has 0 N–H and O–H groups in total. The van der Waals surface area contributed by atoms with Gasteiger partial charge in [0.1, 0.15) is 5.82 Å². The van der Waals surface area contributed by atoms with E-state index in [0.29, 0.717) is 22.6 Å². The molecular formula is C37H39F3O. The molecule has 1 atom stereocenters. The monoisotopic (exact) mass is 556 g/mol. The van der Waals surface area contributed by atoms with E-state index in [1.165, 1.54) is 56.1 Å². The second-order valence-electron chi connectivity index (χ2n) is 11.5. The van der Waals surface area contributed by atoms with Crippen LogP contribution in [0.1, 0.15) is 70.3 Å². The molecule has 0 heterocycles. The second kappa shape index (κ2) is 13.4. The molecule has 4 heteroatoms. The molecule has 0 amide bonds. The maximum Gasteiger partial charge on any atom is 0.201 e. The molecule has 214 valence electrons. The summed E-state index contributed by atoms with van der Waals surface area (Å²) in [6.07, 6.45) is 17.7. The van der Waals surface area contributed by atoms with Gasteiger partial charge in [-0.25, -0.2) is 8.78 Å². The van der Waals surface area contributed by atoms with Crippen molar-refractivity contribution in [2.75, 3.05) is 0 Å². The molecule has 5 rings (SSSR count). The van der Waals surface area contributed by atoms with Crippen LogP contribution in [0.5, 0.6) is 5.75 Å². The molecule has 0 saturated heterocycles. The standard InChI is InChI=1S/C37H39F3O/c1-3-5-6-23-41-35-22-21-33(36(39)37(35)40)30-17-15-29(16-18-30)32-20-19-31(24-34(32)38)28-13-11-27(12-14-28)26-9-7-25(4-2)8-10-26/h4,6,13,15-27H,2-3,5,7-12,14H2,1H3/b23-6-. The first-order valence-corrected chi connectivity index (χ1v) is 15.0. The Labute approximate surface area is 242 Å². The zero-order valence-corrected chi connectivity index (χ0v) is 23.9. The van der Waals surface area contributed by atoms with Crippen LogP contribution in [0.2, 0.25) is 0 Å². The third kappa shape index (κ3) is 6.69. The fourth-order valence-corrected chi connectivity index (χ4v) is 6.38. The summed E-state index contributed by atoms with van der Waals surface area (Å²) in [5.74, 6) is -0.216. The molecule has 1 nitrogen and oxygen atoms in total. The van der Waals surface area contributed by atoms with Gasteiger partial charge in [0.05, 0.1) is 6.26 Å². The molecule has 0 aromatic heterocycles. The molecule has 0 spiro atoms. The number of benzene rings is 3. The maximum absolute atomic E-state index is 15.3. The van der Waals surface area contributed by atoms with Gasteiger partial charge in [0.25, 0.3) is 0 Å². The summed E-state index contributed by atoms with van der Waals surface area (Å²) >= 11 is 0. The lowest BCUT2D eigenvalue weighted by Crippen LogP contribution is -2.22. The lowest BCUT2D eigenvalue weighted by atomic mass is 9.71. The molecule has 3 aromatic carbocycles. The van der Waals surface area contributed by atoms with Crippen molar-refractivity contribution >= 4 is 5.57 Å². The third-order valence-electron chi connectivity index (χ3n) is 8.91. The van der Waals surface area contributed by atoms with E-state index in [4.69, 9.17) is 4.74 Å². The van der Waals surface area contributed by atoms with Gasteiger partial charge in [-0.3, -0.25) is 0 Å². The van der Waals surface area contributed by atoms with Gasteiger partial charge in [0.2, 0.25) is 5.82 Å². The van der Waals surface area contributed by atoms with Crippen LogP contribution in [0.25, 0.3) is 27.8 Å². The Hall–Kier alpha value is -3.53. The van der Waals surface area contributed by atoms with Crippen LogP contribution in [0.15, 0.2) is 85.7 Å². The first-order chi connectivity index (χ1) is 20.0. The summed E-state index contributed by atoms with van der Waals surface area (Å²) in [7, 11) is 0. The van der Waals surface area contributed by atoms with E-state index in [-0.39, 0.29) is 17.1 Å². The van der Waals surface area contributed by atoms with Crippen molar-refractivity contribution in [2.45, 2.75) is 64.7 Å². The number of rotatable bonds is 9. The van der Waals surface area contributed by atoms with E-state index < -0.39 is 11.6 Å². The van der Waals surface area contributed by atoms with E-state index in [1.54, 1.807) is 36.4 Å². The Balaban J connectivity index is 1.25. The molecular weight excluding hydrogens is 517 g/mol. The average molecular weight is 557 g/mol. The fourth-order valence-electron chi connectivity index (χ4n) is 6.38. The van der Waals surface area contributed by atoms with E-state index in [1.807, 2.05) is 19.1 Å². The Kier molecular flexibility index (Phi) is 9.49. The van der Waals surface area contributed by atoms with Crippen LogP contribution in [0.4, 0.5) is 13.2 Å². The van der Waals surface area contributed by atoms with Crippen LogP contribution in [-0.4, -0.2) is 0 Å². The minimum atomic E-state index is -1.03. The van der Waals surface area contributed by atoms with Crippen LogP contribution in [0, 0.1) is 35.2 Å². The number of allylic oxidation sites excluding steroid dienone is 4. The topological polar surface area (TPSA) is 9.23 Å². The molecule has 1 fully saturated rings. The zero-order chi connectivity index (χ0) is 28.8. The highest BCUT2D eigenvalue weighted by Gasteiger charge is 2.28. The van der Waals surface area contributed by atoms with Gasteiger partial charge in [-0.2, -0.15) is 4.39 Å². The van der Waals surface area contributed by atoms with Crippen molar-refractivity contribution < 1.29 is 17.9 Å². The van der Waals surface area contributed by atoms with Gasteiger partial charge in [0, 0.05) is 11.1 Å². The molecule has 3 aromatic rings. The van der Waals surface area contributed by atoms with Gasteiger partial charge < -0.3 is 4.74 Å². The highest BCUT2D eigenvalue weighted by atomic mass is 19.2. The second-order valence-corrected chi connectivity index (χ2v) is 11.5. The smallest absolute Gasteiger partial charge is 0.201 e. The molecule has 1 unspecified atom stereocenters. The van der Waals surface area contributed by atoms with Gasteiger partial charge in [0.15, 0.2) is 11.6 Å². The Morgan fingerprint density at radius 1 is 0.805 bits per heavy atom. The molecule has 2 aliphatic rings. The third-order valence-corrected chi connectivity index (χ3v) is 8.91. The predicted molar refractivity (Wildman–Crippen MR) is 163 cm³/mol.